The Morgan fingerprint density at radius 2 is 1.86 bits per heavy atom. The highest BCUT2D eigenvalue weighted by Gasteiger charge is 2.72. The van der Waals surface area contributed by atoms with Crippen LogP contribution in [0.1, 0.15) is 88.7 Å². The second kappa shape index (κ2) is 11.7. The van der Waals surface area contributed by atoms with Crippen molar-refractivity contribution in [3.05, 3.63) is 57.6 Å². The van der Waals surface area contributed by atoms with Gasteiger partial charge in [-0.1, -0.05) is 43.1 Å². The molecular weight excluding hydrogens is 604 g/mol. The molecule has 4 aliphatic rings. The molecule has 7 nitrogen and oxygen atoms in total. The van der Waals surface area contributed by atoms with Crippen molar-refractivity contribution in [3.8, 4) is 0 Å². The van der Waals surface area contributed by atoms with E-state index in [4.69, 9.17) is 27.9 Å². The van der Waals surface area contributed by atoms with Gasteiger partial charge < -0.3 is 15.4 Å². The molecule has 3 heterocycles. The van der Waals surface area contributed by atoms with E-state index in [1.807, 2.05) is 6.07 Å². The lowest BCUT2D eigenvalue weighted by Crippen LogP contribution is -2.52. The number of ether oxygens (including phenoxy) is 1. The molecule has 44 heavy (non-hydrogen) atoms. The number of hydrogen-bond acceptors (Lipinski definition) is 5. The van der Waals surface area contributed by atoms with E-state index in [1.54, 1.807) is 25.2 Å². The second-order valence-corrected chi connectivity index (χ2v) is 14.9. The maximum atomic E-state index is 16.1. The van der Waals surface area contributed by atoms with Gasteiger partial charge in [-0.3, -0.25) is 14.4 Å². The summed E-state index contributed by atoms with van der Waals surface area (Å²) in [6.07, 6.45) is 7.04. The largest absolute Gasteiger partial charge is 0.377 e. The Hall–Kier alpha value is -2.55. The van der Waals surface area contributed by atoms with Crippen LogP contribution in [0.4, 0.5) is 10.1 Å². The number of pyridine rings is 1. The number of nitrogens with zero attached hydrogens (tertiary/aromatic N) is 1. The number of halogens is 3. The molecule has 2 aliphatic carbocycles. The summed E-state index contributed by atoms with van der Waals surface area (Å²) in [7, 11) is 1.61. The lowest BCUT2D eigenvalue weighted by atomic mass is 9.51. The number of carbonyl (C=O) groups is 3. The molecule has 2 aromatic rings. The third kappa shape index (κ3) is 5.15. The Kier molecular flexibility index (Phi) is 8.34. The number of Topliss-reactive ketones (excluding diaryl/α,β-unsaturated/α-hetero) is 1. The number of ketones is 1. The number of carbonyl (C=O) groups excluding carboxylic acids is 3. The molecule has 0 bridgehead atoms. The van der Waals surface area contributed by atoms with Gasteiger partial charge in [-0.2, -0.15) is 0 Å². The molecule has 0 unspecified atom stereocenters. The Morgan fingerprint density at radius 1 is 1.11 bits per heavy atom. The van der Waals surface area contributed by atoms with Crippen LogP contribution in [0.2, 0.25) is 10.2 Å². The quantitative estimate of drug-likeness (QED) is 0.330. The summed E-state index contributed by atoms with van der Waals surface area (Å²) >= 11 is 12.7. The van der Waals surface area contributed by atoms with Gasteiger partial charge in [0.2, 0.25) is 11.8 Å². The van der Waals surface area contributed by atoms with Crippen molar-refractivity contribution in [2.24, 2.45) is 22.7 Å². The van der Waals surface area contributed by atoms with E-state index in [1.165, 1.54) is 6.20 Å². The minimum atomic E-state index is -1.18. The standard InChI is InChI=1S/C34H40Cl2FN3O4/c1-32(2)9-11-33(12-10-32)17-23(26(41)14-19-4-6-21(44-18-19)16-27(42)38-3)28(22-8-13-39-30(36)29(22)37)34(33)24-7-5-20(35)15-25(24)40-31(34)43/h5,7-8,13,15,19,21,23,28H,4,6,9-12,14,16-18H2,1-3H3,(H,38,42)(H,40,43)/t19-,21-,23-,28-,34+/m0/s1. The van der Waals surface area contributed by atoms with Gasteiger partial charge in [0.25, 0.3) is 0 Å². The number of anilines is 1. The highest BCUT2D eigenvalue weighted by atomic mass is 35.5. The average molecular weight is 645 g/mol. The summed E-state index contributed by atoms with van der Waals surface area (Å²) in [5.74, 6) is -2.35. The van der Waals surface area contributed by atoms with Crippen molar-refractivity contribution in [2.45, 2.75) is 89.1 Å². The van der Waals surface area contributed by atoms with Gasteiger partial charge in [-0.05, 0) is 91.0 Å². The normalized spacial score (nSPS) is 30.3. The van der Waals surface area contributed by atoms with Crippen LogP contribution in [0.5, 0.6) is 0 Å². The lowest BCUT2D eigenvalue weighted by Gasteiger charge is -2.51. The van der Waals surface area contributed by atoms with Crippen LogP contribution in [-0.2, 0) is 24.5 Å². The summed E-state index contributed by atoms with van der Waals surface area (Å²) in [5.41, 5.74) is -0.00555. The smallest absolute Gasteiger partial charge is 0.236 e. The van der Waals surface area contributed by atoms with E-state index < -0.39 is 28.5 Å². The number of amides is 2. The van der Waals surface area contributed by atoms with Crippen LogP contribution >= 0.6 is 23.2 Å². The van der Waals surface area contributed by atoms with E-state index in [0.29, 0.717) is 36.6 Å². The molecular formula is C34H40Cl2FN3O4. The highest BCUT2D eigenvalue weighted by Crippen LogP contribution is 2.72. The van der Waals surface area contributed by atoms with Crippen molar-refractivity contribution in [3.63, 3.8) is 0 Å². The zero-order valence-corrected chi connectivity index (χ0v) is 27.0. The molecule has 1 saturated heterocycles. The van der Waals surface area contributed by atoms with E-state index >= 15 is 4.39 Å². The van der Waals surface area contributed by atoms with Gasteiger partial charge in [-0.25, -0.2) is 9.37 Å². The molecule has 3 fully saturated rings. The topological polar surface area (TPSA) is 97.4 Å². The minimum absolute atomic E-state index is 0.0111. The maximum absolute atomic E-state index is 16.1. The van der Waals surface area contributed by atoms with E-state index in [2.05, 4.69) is 29.5 Å². The third-order valence-corrected chi connectivity index (χ3v) is 11.7. The van der Waals surface area contributed by atoms with Crippen LogP contribution in [-0.4, -0.2) is 42.3 Å². The molecule has 10 heteroatoms. The molecule has 1 aromatic heterocycles. The second-order valence-electron chi connectivity index (χ2n) is 14.1. The molecule has 0 radical (unpaired) electrons. The lowest BCUT2D eigenvalue weighted by molar-refractivity contribution is -0.130. The molecule has 5 atom stereocenters. The van der Waals surface area contributed by atoms with E-state index in [9.17, 15) is 14.4 Å². The third-order valence-electron chi connectivity index (χ3n) is 11.2. The zero-order valence-electron chi connectivity index (χ0n) is 25.5. The van der Waals surface area contributed by atoms with E-state index in [0.717, 1.165) is 37.7 Å². The molecule has 236 valence electrons. The van der Waals surface area contributed by atoms with Gasteiger partial charge in [0.15, 0.2) is 11.0 Å². The fourth-order valence-corrected chi connectivity index (χ4v) is 9.16. The fraction of sp³-hybridized carbons (Fsp3) is 0.588. The molecule has 2 amide bonds. The first kappa shape index (κ1) is 31.4. The summed E-state index contributed by atoms with van der Waals surface area (Å²) < 4.78 is 22.1. The first-order valence-corrected chi connectivity index (χ1v) is 16.4. The summed E-state index contributed by atoms with van der Waals surface area (Å²) in [4.78, 5) is 44.9. The van der Waals surface area contributed by atoms with Crippen molar-refractivity contribution in [1.82, 2.24) is 10.3 Å². The number of fused-ring (bicyclic) bond motifs is 3. The molecule has 2 aliphatic heterocycles. The van der Waals surface area contributed by atoms with Gasteiger partial charge in [-0.15, -0.1) is 0 Å². The number of rotatable bonds is 6. The van der Waals surface area contributed by atoms with Crippen molar-refractivity contribution in [1.29, 1.82) is 0 Å². The minimum Gasteiger partial charge on any atom is -0.377 e. The molecule has 2 N–H and O–H groups in total. The number of benzene rings is 1. The van der Waals surface area contributed by atoms with Crippen molar-refractivity contribution < 1.29 is 23.5 Å². The van der Waals surface area contributed by atoms with Crippen LogP contribution in [0.15, 0.2) is 30.5 Å². The fourth-order valence-electron chi connectivity index (χ4n) is 8.83. The summed E-state index contributed by atoms with van der Waals surface area (Å²) in [5, 5.41) is 5.96. The summed E-state index contributed by atoms with van der Waals surface area (Å²) in [6.45, 7) is 4.87. The monoisotopic (exact) mass is 643 g/mol. The predicted molar refractivity (Wildman–Crippen MR) is 167 cm³/mol. The number of hydrogen-bond donors (Lipinski definition) is 2. The number of aromatic nitrogens is 1. The van der Waals surface area contributed by atoms with Crippen LogP contribution in [0, 0.1) is 28.5 Å². The van der Waals surface area contributed by atoms with Crippen LogP contribution in [0.25, 0.3) is 0 Å². The van der Waals surface area contributed by atoms with Gasteiger partial charge in [0, 0.05) is 42.2 Å². The van der Waals surface area contributed by atoms with Crippen molar-refractivity contribution >= 4 is 46.5 Å². The molecule has 6 rings (SSSR count). The Labute approximate surface area is 268 Å². The van der Waals surface area contributed by atoms with Crippen LogP contribution < -0.4 is 10.6 Å². The van der Waals surface area contributed by atoms with E-state index in [-0.39, 0.29) is 52.2 Å². The molecule has 2 spiro atoms. The van der Waals surface area contributed by atoms with Gasteiger partial charge >= 0.3 is 0 Å². The molecule has 2 saturated carbocycles. The number of nitrogens with one attached hydrogen (secondary N) is 2. The Balaban J connectivity index is 1.43. The SMILES string of the molecule is CNC(=O)C[C@@H]1CC[C@@H](CC(=O)[C@@H]2CC3(CCC(C)(C)CC3)[C@@]3(C(=O)Nc4cc(Cl)ccc43)[C@H]2c2ccnc(Cl)c2F)CO1. The van der Waals surface area contributed by atoms with Crippen molar-refractivity contribution in [2.75, 3.05) is 19.0 Å². The Bertz CT molecular complexity index is 1480. The molecule has 1 aromatic carbocycles. The van der Waals surface area contributed by atoms with Gasteiger partial charge in [0.1, 0.15) is 5.78 Å². The average Bonchev–Trinajstić information content (AvgIpc) is 3.45. The summed E-state index contributed by atoms with van der Waals surface area (Å²) in [6, 6.07) is 7.01. The van der Waals surface area contributed by atoms with Gasteiger partial charge in [0.05, 0.1) is 24.5 Å². The zero-order chi connectivity index (χ0) is 31.4. The predicted octanol–water partition coefficient (Wildman–Crippen LogP) is 7.00. The maximum Gasteiger partial charge on any atom is 0.236 e. The highest BCUT2D eigenvalue weighted by molar-refractivity contribution is 6.31. The first-order chi connectivity index (χ1) is 20.9. The first-order valence-electron chi connectivity index (χ1n) is 15.7. The Morgan fingerprint density at radius 3 is 2.55 bits per heavy atom. The van der Waals surface area contributed by atoms with Crippen LogP contribution in [0.3, 0.4) is 0 Å².